The largest absolute Gasteiger partial charge is 0.241 e. The summed E-state index contributed by atoms with van der Waals surface area (Å²) in [6, 6.07) is 0. The third-order valence-corrected chi connectivity index (χ3v) is 4.06. The first-order chi connectivity index (χ1) is 7.03. The van der Waals surface area contributed by atoms with Gasteiger partial charge in [-0.1, -0.05) is 18.6 Å². The van der Waals surface area contributed by atoms with Gasteiger partial charge in [0, 0.05) is 5.92 Å². The average molecular weight is 234 g/mol. The van der Waals surface area contributed by atoms with E-state index in [1.807, 2.05) is 6.92 Å². The van der Waals surface area contributed by atoms with Crippen molar-refractivity contribution in [3.63, 3.8) is 0 Å². The first-order valence-corrected chi connectivity index (χ1v) is 6.23. The number of rotatable bonds is 5. The molecule has 0 aromatic heterocycles. The highest BCUT2D eigenvalue weighted by Gasteiger charge is 2.35. The molecule has 1 aliphatic rings. The van der Waals surface area contributed by atoms with E-state index in [9.17, 15) is 8.78 Å². The minimum absolute atomic E-state index is 0.0652. The van der Waals surface area contributed by atoms with Crippen molar-refractivity contribution in [2.24, 2.45) is 11.3 Å². The van der Waals surface area contributed by atoms with Gasteiger partial charge >= 0.3 is 0 Å². The molecule has 0 amide bonds. The summed E-state index contributed by atoms with van der Waals surface area (Å²) in [6.07, 6.45) is 3.15. The summed E-state index contributed by atoms with van der Waals surface area (Å²) in [5.74, 6) is 0.215. The van der Waals surface area contributed by atoms with Crippen LogP contribution in [0.15, 0.2) is 11.6 Å². The van der Waals surface area contributed by atoms with E-state index >= 15 is 0 Å². The second kappa shape index (κ2) is 5.33. The van der Waals surface area contributed by atoms with Gasteiger partial charge in [-0.2, -0.15) is 12.6 Å². The van der Waals surface area contributed by atoms with Crippen LogP contribution in [0, 0.1) is 11.3 Å². The van der Waals surface area contributed by atoms with Gasteiger partial charge in [0.25, 0.3) is 0 Å². The summed E-state index contributed by atoms with van der Waals surface area (Å²) in [5.41, 5.74) is 1.26. The van der Waals surface area contributed by atoms with Crippen LogP contribution in [0.25, 0.3) is 0 Å². The zero-order valence-corrected chi connectivity index (χ0v) is 10.4. The molecule has 0 unspecified atom stereocenters. The van der Waals surface area contributed by atoms with E-state index in [4.69, 9.17) is 0 Å². The van der Waals surface area contributed by atoms with Crippen molar-refractivity contribution in [2.45, 2.75) is 46.0 Å². The minimum Gasteiger partial charge on any atom is -0.210 e. The lowest BCUT2D eigenvalue weighted by atomic mass is 9.79. The van der Waals surface area contributed by atoms with Gasteiger partial charge in [0.05, 0.1) is 0 Å². The Balaban J connectivity index is 2.68. The summed E-state index contributed by atoms with van der Waals surface area (Å²) < 4.78 is 25.4. The second-order valence-corrected chi connectivity index (χ2v) is 5.03. The van der Waals surface area contributed by atoms with Crippen molar-refractivity contribution in [2.75, 3.05) is 5.75 Å². The fraction of sp³-hybridized carbons (Fsp3) is 0.833. The van der Waals surface area contributed by atoms with Crippen molar-refractivity contribution >= 4 is 12.6 Å². The lowest BCUT2D eigenvalue weighted by Gasteiger charge is -2.29. The highest BCUT2D eigenvalue weighted by Crippen LogP contribution is 2.43. The summed E-state index contributed by atoms with van der Waals surface area (Å²) in [5, 5.41) is 0. The van der Waals surface area contributed by atoms with Gasteiger partial charge in [0.15, 0.2) is 0 Å². The van der Waals surface area contributed by atoms with E-state index in [1.165, 1.54) is 5.57 Å². The smallest absolute Gasteiger partial charge is 0.210 e. The molecule has 0 saturated carbocycles. The van der Waals surface area contributed by atoms with Crippen LogP contribution < -0.4 is 0 Å². The molecule has 3 heteroatoms. The van der Waals surface area contributed by atoms with E-state index < -0.39 is 12.3 Å². The first-order valence-electron chi connectivity index (χ1n) is 5.60. The lowest BCUT2D eigenvalue weighted by Crippen LogP contribution is -2.25. The van der Waals surface area contributed by atoms with Crippen molar-refractivity contribution in [1.29, 1.82) is 0 Å². The Labute approximate surface area is 96.5 Å². The van der Waals surface area contributed by atoms with Crippen LogP contribution in [-0.4, -0.2) is 12.2 Å². The third-order valence-electron chi connectivity index (χ3n) is 3.43. The van der Waals surface area contributed by atoms with Crippen LogP contribution in [0.1, 0.15) is 39.5 Å². The van der Waals surface area contributed by atoms with E-state index in [1.54, 1.807) is 0 Å². The maximum atomic E-state index is 12.7. The van der Waals surface area contributed by atoms with Crippen molar-refractivity contribution in [3.8, 4) is 0 Å². The maximum Gasteiger partial charge on any atom is 0.241 e. The Morgan fingerprint density at radius 3 is 2.53 bits per heavy atom. The summed E-state index contributed by atoms with van der Waals surface area (Å²) in [6.45, 7) is 3.92. The van der Waals surface area contributed by atoms with Crippen LogP contribution >= 0.6 is 12.6 Å². The van der Waals surface area contributed by atoms with Gasteiger partial charge in [-0.05, 0) is 43.8 Å². The van der Waals surface area contributed by atoms with Gasteiger partial charge in [0.1, 0.15) is 0 Å². The molecule has 0 radical (unpaired) electrons. The van der Waals surface area contributed by atoms with Crippen molar-refractivity contribution in [1.82, 2.24) is 0 Å². The fourth-order valence-electron chi connectivity index (χ4n) is 2.40. The Kier molecular flexibility index (Phi) is 4.63. The van der Waals surface area contributed by atoms with Gasteiger partial charge in [-0.25, -0.2) is 8.78 Å². The average Bonchev–Trinajstić information content (AvgIpc) is 2.57. The van der Waals surface area contributed by atoms with Gasteiger partial charge in [0.2, 0.25) is 6.43 Å². The summed E-state index contributed by atoms with van der Waals surface area (Å²) in [7, 11) is 0. The quantitative estimate of drug-likeness (QED) is 0.531. The standard InChI is InChI=1S/C12H20F2S/c1-3-10(11(13)14)7-12(8-15)5-4-9(2)6-12/h6,10-11,15H,3-5,7-8H2,1-2H3/t10-,12-/m0/s1. The third kappa shape index (κ3) is 3.20. The number of hydrogen-bond acceptors (Lipinski definition) is 1. The molecule has 0 saturated heterocycles. The van der Waals surface area contributed by atoms with Crippen molar-refractivity contribution < 1.29 is 8.78 Å². The lowest BCUT2D eigenvalue weighted by molar-refractivity contribution is 0.0536. The molecule has 0 aromatic carbocycles. The first kappa shape index (κ1) is 13.0. The molecule has 15 heavy (non-hydrogen) atoms. The highest BCUT2D eigenvalue weighted by atomic mass is 32.1. The zero-order chi connectivity index (χ0) is 11.5. The Hall–Kier alpha value is -0.0500. The summed E-state index contributed by atoms with van der Waals surface area (Å²) >= 11 is 4.33. The number of hydrogen-bond donors (Lipinski definition) is 1. The highest BCUT2D eigenvalue weighted by molar-refractivity contribution is 7.80. The maximum absolute atomic E-state index is 12.7. The van der Waals surface area contributed by atoms with Gasteiger partial charge < -0.3 is 0 Å². The van der Waals surface area contributed by atoms with E-state index in [0.717, 1.165) is 12.8 Å². The number of alkyl halides is 2. The molecule has 0 heterocycles. The fourth-order valence-corrected chi connectivity index (χ4v) is 2.78. The molecular formula is C12H20F2S. The second-order valence-electron chi connectivity index (χ2n) is 4.72. The minimum atomic E-state index is -2.19. The van der Waals surface area contributed by atoms with E-state index in [2.05, 4.69) is 25.6 Å². The van der Waals surface area contributed by atoms with E-state index in [0.29, 0.717) is 18.6 Å². The number of thiol groups is 1. The molecule has 0 fully saturated rings. The summed E-state index contributed by atoms with van der Waals surface area (Å²) in [4.78, 5) is 0. The molecule has 0 aromatic rings. The topological polar surface area (TPSA) is 0 Å². The van der Waals surface area contributed by atoms with Crippen molar-refractivity contribution in [3.05, 3.63) is 11.6 Å². The van der Waals surface area contributed by atoms with E-state index in [-0.39, 0.29) is 5.41 Å². The number of allylic oxidation sites excluding steroid dienone is 2. The van der Waals surface area contributed by atoms with Crippen LogP contribution in [0.3, 0.4) is 0 Å². The molecule has 0 N–H and O–H groups in total. The Bertz CT molecular complexity index is 238. The number of halogens is 2. The monoisotopic (exact) mass is 234 g/mol. The van der Waals surface area contributed by atoms with Gasteiger partial charge in [-0.15, -0.1) is 0 Å². The SMILES string of the molecule is CC[C@@H](C[C@@]1(CS)C=C(C)CC1)C(F)F. The molecule has 88 valence electrons. The predicted octanol–water partition coefficient (Wildman–Crippen LogP) is 4.32. The zero-order valence-electron chi connectivity index (χ0n) is 9.47. The Morgan fingerprint density at radius 2 is 2.20 bits per heavy atom. The molecular weight excluding hydrogens is 214 g/mol. The van der Waals surface area contributed by atoms with Crippen LogP contribution in [-0.2, 0) is 0 Å². The molecule has 2 atom stereocenters. The van der Waals surface area contributed by atoms with Crippen LogP contribution in [0.2, 0.25) is 0 Å². The molecule has 1 rings (SSSR count). The molecule has 0 nitrogen and oxygen atoms in total. The van der Waals surface area contributed by atoms with Crippen LogP contribution in [0.4, 0.5) is 8.78 Å². The molecule has 1 aliphatic carbocycles. The molecule has 0 bridgehead atoms. The molecule has 0 aliphatic heterocycles. The Morgan fingerprint density at radius 1 is 1.53 bits per heavy atom. The normalized spacial score (nSPS) is 28.3. The van der Waals surface area contributed by atoms with Gasteiger partial charge in [-0.3, -0.25) is 0 Å². The predicted molar refractivity (Wildman–Crippen MR) is 63.7 cm³/mol. The molecule has 0 spiro atoms. The van der Waals surface area contributed by atoms with Crippen LogP contribution in [0.5, 0.6) is 0 Å².